The first-order valence-corrected chi connectivity index (χ1v) is 11.4. The van der Waals surface area contributed by atoms with Crippen molar-refractivity contribution in [1.29, 1.82) is 0 Å². The van der Waals surface area contributed by atoms with E-state index in [0.29, 0.717) is 12.5 Å². The standard InChI is InChI=1S/C21H30N6S/c1-22-21(23-14-20-25-24-19-10-6-3-7-12-27(19)20)26-13-11-17(15-26)16-28-18-8-4-2-5-9-18/h2,4-5,8-9,17H,3,6-7,10-16H2,1H3,(H,22,23). The third-order valence-electron chi connectivity index (χ3n) is 5.62. The number of benzene rings is 1. The number of hydrogen-bond acceptors (Lipinski definition) is 4. The van der Waals surface area contributed by atoms with Gasteiger partial charge in [0.2, 0.25) is 0 Å². The van der Waals surface area contributed by atoms with Crippen LogP contribution in [-0.2, 0) is 19.5 Å². The Balaban J connectivity index is 1.28. The zero-order valence-electron chi connectivity index (χ0n) is 16.7. The molecule has 4 rings (SSSR count). The second-order valence-electron chi connectivity index (χ2n) is 7.62. The van der Waals surface area contributed by atoms with E-state index < -0.39 is 0 Å². The van der Waals surface area contributed by atoms with E-state index in [1.165, 1.54) is 30.6 Å². The van der Waals surface area contributed by atoms with Crippen LogP contribution in [0.4, 0.5) is 0 Å². The van der Waals surface area contributed by atoms with Gasteiger partial charge in [-0.3, -0.25) is 4.99 Å². The summed E-state index contributed by atoms with van der Waals surface area (Å²) in [7, 11) is 1.87. The van der Waals surface area contributed by atoms with Crippen molar-refractivity contribution < 1.29 is 0 Å². The maximum Gasteiger partial charge on any atom is 0.194 e. The maximum atomic E-state index is 4.52. The molecule has 2 aliphatic heterocycles. The van der Waals surface area contributed by atoms with Crippen LogP contribution in [0.2, 0.25) is 0 Å². The molecule has 1 atom stereocenters. The van der Waals surface area contributed by atoms with Crippen molar-refractivity contribution in [3.05, 3.63) is 42.0 Å². The lowest BCUT2D eigenvalue weighted by molar-refractivity contribution is 0.471. The number of aliphatic imine (C=N–C) groups is 1. The summed E-state index contributed by atoms with van der Waals surface area (Å²) < 4.78 is 2.30. The van der Waals surface area contributed by atoms with Gasteiger partial charge in [-0.25, -0.2) is 0 Å². The molecule has 150 valence electrons. The normalized spacial score (nSPS) is 20.1. The SMILES string of the molecule is CN=C(NCc1nnc2n1CCCCC2)N1CCC(CSc2ccccc2)C1. The summed E-state index contributed by atoms with van der Waals surface area (Å²) in [6, 6.07) is 10.7. The largest absolute Gasteiger partial charge is 0.349 e. The average Bonchev–Trinajstić information content (AvgIpc) is 3.28. The predicted molar refractivity (Wildman–Crippen MR) is 115 cm³/mol. The van der Waals surface area contributed by atoms with Crippen LogP contribution in [0.3, 0.4) is 0 Å². The minimum Gasteiger partial charge on any atom is -0.349 e. The molecule has 2 aromatic rings. The van der Waals surface area contributed by atoms with Crippen LogP contribution in [-0.4, -0.2) is 51.5 Å². The highest BCUT2D eigenvalue weighted by molar-refractivity contribution is 7.99. The van der Waals surface area contributed by atoms with Gasteiger partial charge in [0.05, 0.1) is 6.54 Å². The number of rotatable bonds is 5. The van der Waals surface area contributed by atoms with Gasteiger partial charge >= 0.3 is 0 Å². The number of thioether (sulfide) groups is 1. The fourth-order valence-electron chi connectivity index (χ4n) is 4.06. The Morgan fingerprint density at radius 1 is 1.18 bits per heavy atom. The Morgan fingerprint density at radius 2 is 2.07 bits per heavy atom. The van der Waals surface area contributed by atoms with Crippen molar-refractivity contribution in [2.24, 2.45) is 10.9 Å². The molecule has 0 amide bonds. The zero-order chi connectivity index (χ0) is 19.2. The highest BCUT2D eigenvalue weighted by Crippen LogP contribution is 2.26. The Bertz CT molecular complexity index is 787. The molecule has 1 fully saturated rings. The van der Waals surface area contributed by atoms with Crippen LogP contribution in [0, 0.1) is 5.92 Å². The number of nitrogens with one attached hydrogen (secondary N) is 1. The van der Waals surface area contributed by atoms with Gasteiger partial charge in [0, 0.05) is 43.8 Å². The summed E-state index contributed by atoms with van der Waals surface area (Å²) in [5, 5.41) is 12.3. The van der Waals surface area contributed by atoms with Crippen LogP contribution in [0.5, 0.6) is 0 Å². The molecule has 1 aromatic carbocycles. The lowest BCUT2D eigenvalue weighted by Crippen LogP contribution is -2.40. The Morgan fingerprint density at radius 3 is 2.93 bits per heavy atom. The number of aryl methyl sites for hydroxylation is 1. The van der Waals surface area contributed by atoms with Crippen LogP contribution < -0.4 is 5.32 Å². The summed E-state index contributed by atoms with van der Waals surface area (Å²) >= 11 is 1.96. The van der Waals surface area contributed by atoms with Crippen molar-refractivity contribution in [2.75, 3.05) is 25.9 Å². The minimum absolute atomic E-state index is 0.694. The Hall–Kier alpha value is -2.02. The highest BCUT2D eigenvalue weighted by atomic mass is 32.2. The summed E-state index contributed by atoms with van der Waals surface area (Å²) in [5.74, 6) is 5.03. The smallest absolute Gasteiger partial charge is 0.194 e. The first-order valence-electron chi connectivity index (χ1n) is 10.4. The van der Waals surface area contributed by atoms with E-state index in [2.05, 4.69) is 60.3 Å². The zero-order valence-corrected chi connectivity index (χ0v) is 17.5. The molecule has 1 aromatic heterocycles. The van der Waals surface area contributed by atoms with Gasteiger partial charge in [0.15, 0.2) is 11.8 Å². The molecule has 7 heteroatoms. The minimum atomic E-state index is 0.694. The van der Waals surface area contributed by atoms with E-state index in [-0.39, 0.29) is 0 Å². The fraction of sp³-hybridized carbons (Fsp3) is 0.571. The summed E-state index contributed by atoms with van der Waals surface area (Å²) in [5.41, 5.74) is 0. The number of fused-ring (bicyclic) bond motifs is 1. The summed E-state index contributed by atoms with van der Waals surface area (Å²) in [6.07, 6.45) is 6.01. The van der Waals surface area contributed by atoms with E-state index in [0.717, 1.165) is 49.4 Å². The van der Waals surface area contributed by atoms with E-state index in [1.807, 2.05) is 18.8 Å². The molecular weight excluding hydrogens is 368 g/mol. The molecule has 2 aliphatic rings. The van der Waals surface area contributed by atoms with Crippen molar-refractivity contribution in [1.82, 2.24) is 25.0 Å². The van der Waals surface area contributed by atoms with Gasteiger partial charge in [0.1, 0.15) is 5.82 Å². The fourth-order valence-corrected chi connectivity index (χ4v) is 5.11. The molecule has 1 saturated heterocycles. The van der Waals surface area contributed by atoms with Gasteiger partial charge in [0.25, 0.3) is 0 Å². The van der Waals surface area contributed by atoms with Crippen LogP contribution in [0.25, 0.3) is 0 Å². The van der Waals surface area contributed by atoms with Gasteiger partial charge in [-0.1, -0.05) is 24.6 Å². The molecule has 0 bridgehead atoms. The lowest BCUT2D eigenvalue weighted by Gasteiger charge is -2.21. The Kier molecular flexibility index (Phi) is 6.52. The van der Waals surface area contributed by atoms with Gasteiger partial charge in [-0.2, -0.15) is 0 Å². The van der Waals surface area contributed by atoms with Crippen molar-refractivity contribution in [2.45, 2.75) is 50.1 Å². The van der Waals surface area contributed by atoms with Crippen LogP contribution in [0.1, 0.15) is 37.3 Å². The highest BCUT2D eigenvalue weighted by Gasteiger charge is 2.25. The quantitative estimate of drug-likeness (QED) is 0.476. The van der Waals surface area contributed by atoms with Crippen molar-refractivity contribution >= 4 is 17.7 Å². The molecule has 28 heavy (non-hydrogen) atoms. The number of aromatic nitrogens is 3. The molecule has 1 unspecified atom stereocenters. The second kappa shape index (κ2) is 9.45. The number of guanidine groups is 1. The van der Waals surface area contributed by atoms with E-state index in [4.69, 9.17) is 0 Å². The summed E-state index contributed by atoms with van der Waals surface area (Å²) in [4.78, 5) is 8.26. The lowest BCUT2D eigenvalue weighted by atomic mass is 10.2. The molecule has 3 heterocycles. The number of hydrogen-bond donors (Lipinski definition) is 1. The third-order valence-corrected chi connectivity index (χ3v) is 6.86. The van der Waals surface area contributed by atoms with Crippen LogP contribution in [0.15, 0.2) is 40.2 Å². The topological polar surface area (TPSA) is 58.3 Å². The van der Waals surface area contributed by atoms with E-state index in [9.17, 15) is 0 Å². The van der Waals surface area contributed by atoms with Gasteiger partial charge in [-0.05, 0) is 37.3 Å². The molecule has 6 nitrogen and oxygen atoms in total. The summed E-state index contributed by atoms with van der Waals surface area (Å²) in [6.45, 7) is 3.87. The van der Waals surface area contributed by atoms with Crippen molar-refractivity contribution in [3.8, 4) is 0 Å². The first-order chi connectivity index (χ1) is 13.8. The van der Waals surface area contributed by atoms with Gasteiger partial charge in [-0.15, -0.1) is 22.0 Å². The predicted octanol–water partition coefficient (Wildman–Crippen LogP) is 3.19. The van der Waals surface area contributed by atoms with Crippen molar-refractivity contribution in [3.63, 3.8) is 0 Å². The average molecular weight is 399 g/mol. The third kappa shape index (κ3) is 4.69. The second-order valence-corrected chi connectivity index (χ2v) is 8.71. The molecule has 0 radical (unpaired) electrons. The van der Waals surface area contributed by atoms with E-state index in [1.54, 1.807) is 0 Å². The molecule has 1 N–H and O–H groups in total. The molecule has 0 spiro atoms. The molecule has 0 saturated carbocycles. The number of likely N-dealkylation sites (tertiary alicyclic amines) is 1. The monoisotopic (exact) mass is 398 g/mol. The number of nitrogens with zero attached hydrogens (tertiary/aromatic N) is 5. The van der Waals surface area contributed by atoms with Gasteiger partial charge < -0.3 is 14.8 Å². The van der Waals surface area contributed by atoms with E-state index >= 15 is 0 Å². The van der Waals surface area contributed by atoms with Crippen LogP contribution >= 0.6 is 11.8 Å². The molecule has 0 aliphatic carbocycles. The molecular formula is C21H30N6S. The Labute approximate surface area is 171 Å². The first kappa shape index (κ1) is 19.3. The maximum absolute atomic E-state index is 4.52.